The molecule has 0 spiro atoms. The Morgan fingerprint density at radius 3 is 2.74 bits per heavy atom. The Kier molecular flexibility index (Phi) is 6.42. The number of morpholine rings is 1. The zero-order valence-corrected chi connectivity index (χ0v) is 16.2. The second kappa shape index (κ2) is 8.97. The summed E-state index contributed by atoms with van der Waals surface area (Å²) in [5.41, 5.74) is 1.65. The Bertz CT molecular complexity index is 782. The van der Waals surface area contributed by atoms with Crippen LogP contribution in [0, 0.1) is 0 Å². The van der Waals surface area contributed by atoms with Gasteiger partial charge in [-0.15, -0.1) is 0 Å². The number of hydrogen-bond acceptors (Lipinski definition) is 4. The van der Waals surface area contributed by atoms with Gasteiger partial charge in [0.15, 0.2) is 11.5 Å². The van der Waals surface area contributed by atoms with Gasteiger partial charge in [0, 0.05) is 23.3 Å². The number of nitrogens with one attached hydrogen (secondary N) is 1. The molecular formula is C20H23ClN2O4. The molecule has 3 rings (SSSR count). The fourth-order valence-corrected chi connectivity index (χ4v) is 3.06. The topological polar surface area (TPSA) is 60.0 Å². The average molecular weight is 391 g/mol. The summed E-state index contributed by atoms with van der Waals surface area (Å²) in [6.45, 7) is 3.90. The van der Waals surface area contributed by atoms with E-state index in [2.05, 4.69) is 5.32 Å². The van der Waals surface area contributed by atoms with Gasteiger partial charge in [0.05, 0.1) is 26.9 Å². The minimum Gasteiger partial charge on any atom is -0.493 e. The molecule has 144 valence electrons. The van der Waals surface area contributed by atoms with Crippen LogP contribution in [0.5, 0.6) is 11.5 Å². The predicted octanol–water partition coefficient (Wildman–Crippen LogP) is 4.35. The second-order valence-electron chi connectivity index (χ2n) is 6.09. The number of carbonyl (C=O) groups excluding carboxylic acids is 1. The first-order valence-corrected chi connectivity index (χ1v) is 9.22. The monoisotopic (exact) mass is 390 g/mol. The third-order valence-corrected chi connectivity index (χ3v) is 4.56. The molecule has 1 atom stereocenters. The molecule has 2 aromatic rings. The molecule has 1 N–H and O–H groups in total. The van der Waals surface area contributed by atoms with Crippen LogP contribution < -0.4 is 14.8 Å². The number of ether oxygens (including phenoxy) is 3. The van der Waals surface area contributed by atoms with E-state index in [1.807, 2.05) is 31.2 Å². The number of amides is 2. The summed E-state index contributed by atoms with van der Waals surface area (Å²) < 4.78 is 16.6. The number of nitrogens with zero attached hydrogens (tertiary/aromatic N) is 1. The van der Waals surface area contributed by atoms with E-state index < -0.39 is 0 Å². The first-order chi connectivity index (χ1) is 13.1. The molecule has 2 aromatic carbocycles. The quantitative estimate of drug-likeness (QED) is 0.824. The van der Waals surface area contributed by atoms with E-state index >= 15 is 0 Å². The normalized spacial score (nSPS) is 16.7. The molecule has 0 bridgehead atoms. The maximum absolute atomic E-state index is 12.7. The van der Waals surface area contributed by atoms with Crippen molar-refractivity contribution >= 4 is 23.3 Å². The third kappa shape index (κ3) is 4.84. The number of benzene rings is 2. The Balaban J connectivity index is 1.67. The van der Waals surface area contributed by atoms with Crippen molar-refractivity contribution in [3.05, 3.63) is 53.1 Å². The van der Waals surface area contributed by atoms with E-state index in [0.717, 1.165) is 5.56 Å². The molecular weight excluding hydrogens is 368 g/mol. The Morgan fingerprint density at radius 2 is 2.04 bits per heavy atom. The SMILES string of the molecule is CCOc1cc(NC(=O)N2CCOC(c3ccc(Cl)cc3)C2)ccc1OC. The van der Waals surface area contributed by atoms with Crippen molar-refractivity contribution in [1.29, 1.82) is 0 Å². The van der Waals surface area contributed by atoms with Crippen LogP contribution in [0.1, 0.15) is 18.6 Å². The van der Waals surface area contributed by atoms with Crippen LogP contribution in [0.4, 0.5) is 10.5 Å². The Hall–Kier alpha value is -2.44. The van der Waals surface area contributed by atoms with Crippen LogP contribution in [0.15, 0.2) is 42.5 Å². The van der Waals surface area contributed by atoms with Crippen LogP contribution >= 0.6 is 11.6 Å². The lowest BCUT2D eigenvalue weighted by atomic mass is 10.1. The number of anilines is 1. The lowest BCUT2D eigenvalue weighted by Gasteiger charge is -2.33. The van der Waals surface area contributed by atoms with E-state index in [4.69, 9.17) is 25.8 Å². The Labute approximate surface area is 164 Å². The largest absolute Gasteiger partial charge is 0.493 e. The molecule has 7 heteroatoms. The van der Waals surface area contributed by atoms with E-state index in [-0.39, 0.29) is 12.1 Å². The van der Waals surface area contributed by atoms with Gasteiger partial charge in [-0.1, -0.05) is 23.7 Å². The second-order valence-corrected chi connectivity index (χ2v) is 6.52. The van der Waals surface area contributed by atoms with Gasteiger partial charge in [-0.2, -0.15) is 0 Å². The predicted molar refractivity (Wildman–Crippen MR) is 105 cm³/mol. The summed E-state index contributed by atoms with van der Waals surface area (Å²) in [4.78, 5) is 14.4. The van der Waals surface area contributed by atoms with Gasteiger partial charge in [0.25, 0.3) is 0 Å². The van der Waals surface area contributed by atoms with Gasteiger partial charge in [-0.05, 0) is 36.8 Å². The summed E-state index contributed by atoms with van der Waals surface area (Å²) >= 11 is 5.94. The summed E-state index contributed by atoms with van der Waals surface area (Å²) in [7, 11) is 1.58. The first kappa shape index (κ1) is 19.3. The minimum absolute atomic E-state index is 0.170. The fraction of sp³-hybridized carbons (Fsp3) is 0.350. The number of methoxy groups -OCH3 is 1. The van der Waals surface area contributed by atoms with Gasteiger partial charge < -0.3 is 24.4 Å². The van der Waals surface area contributed by atoms with Gasteiger partial charge in [0.1, 0.15) is 6.10 Å². The van der Waals surface area contributed by atoms with Crippen molar-refractivity contribution in [3.8, 4) is 11.5 Å². The molecule has 0 aliphatic carbocycles. The van der Waals surface area contributed by atoms with Crippen LogP contribution in [0.25, 0.3) is 0 Å². The van der Waals surface area contributed by atoms with Crippen LogP contribution in [0.2, 0.25) is 5.02 Å². The van der Waals surface area contributed by atoms with Crippen molar-refractivity contribution in [3.63, 3.8) is 0 Å². The molecule has 0 radical (unpaired) electrons. The van der Waals surface area contributed by atoms with Gasteiger partial charge in [-0.3, -0.25) is 0 Å². The molecule has 1 heterocycles. The maximum atomic E-state index is 12.7. The van der Waals surface area contributed by atoms with E-state index in [9.17, 15) is 4.79 Å². The average Bonchev–Trinajstić information content (AvgIpc) is 2.69. The highest BCUT2D eigenvalue weighted by molar-refractivity contribution is 6.30. The molecule has 0 aromatic heterocycles. The highest BCUT2D eigenvalue weighted by Gasteiger charge is 2.25. The Morgan fingerprint density at radius 1 is 1.26 bits per heavy atom. The molecule has 1 aliphatic rings. The van der Waals surface area contributed by atoms with E-state index in [1.165, 1.54) is 0 Å². The standard InChI is InChI=1S/C20H23ClN2O4/c1-3-26-18-12-16(8-9-17(18)25-2)22-20(24)23-10-11-27-19(13-23)14-4-6-15(21)7-5-14/h4-9,12,19H,3,10-11,13H2,1-2H3,(H,22,24). The molecule has 1 saturated heterocycles. The summed E-state index contributed by atoms with van der Waals surface area (Å²) in [5, 5.41) is 3.59. The molecule has 1 fully saturated rings. The van der Waals surface area contributed by atoms with Gasteiger partial charge >= 0.3 is 6.03 Å². The van der Waals surface area contributed by atoms with Crippen molar-refractivity contribution in [2.75, 3.05) is 38.7 Å². The molecule has 27 heavy (non-hydrogen) atoms. The van der Waals surface area contributed by atoms with Crippen molar-refractivity contribution < 1.29 is 19.0 Å². The van der Waals surface area contributed by atoms with Crippen molar-refractivity contribution in [1.82, 2.24) is 4.90 Å². The summed E-state index contributed by atoms with van der Waals surface area (Å²) in [6.07, 6.45) is -0.170. The van der Waals surface area contributed by atoms with Crippen LogP contribution in [-0.4, -0.2) is 44.3 Å². The molecule has 6 nitrogen and oxygen atoms in total. The van der Waals surface area contributed by atoms with Gasteiger partial charge in [0.2, 0.25) is 0 Å². The van der Waals surface area contributed by atoms with E-state index in [1.54, 1.807) is 30.2 Å². The maximum Gasteiger partial charge on any atom is 0.322 e. The molecule has 0 saturated carbocycles. The molecule has 1 unspecified atom stereocenters. The van der Waals surface area contributed by atoms with Crippen molar-refractivity contribution in [2.45, 2.75) is 13.0 Å². The summed E-state index contributed by atoms with van der Waals surface area (Å²) in [5.74, 6) is 1.22. The molecule has 2 amide bonds. The first-order valence-electron chi connectivity index (χ1n) is 8.84. The molecule has 1 aliphatic heterocycles. The van der Waals surface area contributed by atoms with Crippen LogP contribution in [-0.2, 0) is 4.74 Å². The zero-order chi connectivity index (χ0) is 19.2. The number of rotatable bonds is 5. The number of hydrogen-bond donors (Lipinski definition) is 1. The smallest absolute Gasteiger partial charge is 0.322 e. The lowest BCUT2D eigenvalue weighted by molar-refractivity contribution is -0.0135. The minimum atomic E-state index is -0.176. The number of halogens is 1. The highest BCUT2D eigenvalue weighted by atomic mass is 35.5. The van der Waals surface area contributed by atoms with Crippen LogP contribution in [0.3, 0.4) is 0 Å². The van der Waals surface area contributed by atoms with Crippen molar-refractivity contribution in [2.24, 2.45) is 0 Å². The fourth-order valence-electron chi connectivity index (χ4n) is 2.94. The zero-order valence-electron chi connectivity index (χ0n) is 15.4. The lowest BCUT2D eigenvalue weighted by Crippen LogP contribution is -2.44. The third-order valence-electron chi connectivity index (χ3n) is 4.31. The number of carbonyl (C=O) groups is 1. The number of urea groups is 1. The highest BCUT2D eigenvalue weighted by Crippen LogP contribution is 2.30. The summed E-state index contributed by atoms with van der Waals surface area (Å²) in [6, 6.07) is 12.6. The van der Waals surface area contributed by atoms with E-state index in [0.29, 0.717) is 48.5 Å². The van der Waals surface area contributed by atoms with Gasteiger partial charge in [-0.25, -0.2) is 4.79 Å².